The van der Waals surface area contributed by atoms with E-state index in [0.717, 1.165) is 24.8 Å². The summed E-state index contributed by atoms with van der Waals surface area (Å²) >= 11 is 0. The van der Waals surface area contributed by atoms with Gasteiger partial charge in [-0.05, 0) is 70.5 Å². The Bertz CT molecular complexity index is 863. The van der Waals surface area contributed by atoms with E-state index in [1.807, 2.05) is 58.0 Å². The monoisotopic (exact) mass is 470 g/mol. The molecular formula is C25H38N6O3. The first-order valence-electron chi connectivity index (χ1n) is 11.5. The lowest BCUT2D eigenvalue weighted by Gasteiger charge is -2.23. The minimum absolute atomic E-state index is 0.0208. The summed E-state index contributed by atoms with van der Waals surface area (Å²) in [6, 6.07) is 8.68. The Morgan fingerprint density at radius 1 is 1.32 bits per heavy atom. The second-order valence-corrected chi connectivity index (χ2v) is 9.65. The third-order valence-corrected chi connectivity index (χ3v) is 5.56. The van der Waals surface area contributed by atoms with Gasteiger partial charge >= 0.3 is 5.97 Å². The van der Waals surface area contributed by atoms with Gasteiger partial charge in [0.05, 0.1) is 0 Å². The van der Waals surface area contributed by atoms with Crippen LogP contribution in [-0.2, 0) is 20.9 Å². The number of hydrogen-bond donors (Lipinski definition) is 1. The largest absolute Gasteiger partial charge is 0.459 e. The molecule has 1 aromatic rings. The zero-order valence-corrected chi connectivity index (χ0v) is 20.9. The SMILES string of the molecule is C=N[C@H](CCCC(C)(C)N=[N+]=[N-])C(=O)OCc1ccccc1.C=N[C@H]1CCCC(C)(C)NC1=O. The van der Waals surface area contributed by atoms with Crippen LogP contribution in [0.2, 0.25) is 0 Å². The highest BCUT2D eigenvalue weighted by atomic mass is 16.5. The van der Waals surface area contributed by atoms with E-state index in [9.17, 15) is 9.59 Å². The number of ether oxygens (including phenoxy) is 1. The van der Waals surface area contributed by atoms with Gasteiger partial charge in [-0.25, -0.2) is 4.79 Å². The number of azide groups is 1. The number of amides is 1. The molecule has 1 amide bonds. The lowest BCUT2D eigenvalue weighted by Crippen LogP contribution is -2.44. The molecule has 1 heterocycles. The van der Waals surface area contributed by atoms with Crippen molar-refractivity contribution < 1.29 is 14.3 Å². The number of hydrogen-bond acceptors (Lipinski definition) is 6. The molecule has 0 radical (unpaired) electrons. The average molecular weight is 471 g/mol. The van der Waals surface area contributed by atoms with Crippen LogP contribution in [0.3, 0.4) is 0 Å². The van der Waals surface area contributed by atoms with Gasteiger partial charge in [0.1, 0.15) is 18.7 Å². The van der Waals surface area contributed by atoms with Crippen LogP contribution in [0.5, 0.6) is 0 Å². The standard InChI is InChI=1S/C16H22N4O2.C9H16N2O/c1-16(2,19-20-17)11-7-10-14(18-3)15(21)22-12-13-8-5-4-6-9-13;1-9(2)6-4-5-7(10-3)8(12)11-9/h4-6,8-9,14H,3,7,10-12H2,1-2H3;7H,3-6H2,1-2H3,(H,11,12)/t14-;7-/m10/s1. The molecule has 0 aliphatic carbocycles. The molecule has 2 atom stereocenters. The van der Waals surface area contributed by atoms with E-state index in [0.29, 0.717) is 19.3 Å². The van der Waals surface area contributed by atoms with Gasteiger partial charge in [-0.3, -0.25) is 14.8 Å². The number of nitrogens with one attached hydrogen (secondary N) is 1. The predicted octanol–water partition coefficient (Wildman–Crippen LogP) is 5.19. The van der Waals surface area contributed by atoms with Crippen LogP contribution in [0, 0.1) is 0 Å². The normalized spacial score (nSPS) is 18.0. The Hall–Kier alpha value is -3.19. The Balaban J connectivity index is 0.000000404. The molecule has 1 aliphatic heterocycles. The highest BCUT2D eigenvalue weighted by Crippen LogP contribution is 2.20. The van der Waals surface area contributed by atoms with Crippen LogP contribution in [0.4, 0.5) is 0 Å². The smallest absolute Gasteiger partial charge is 0.331 e. The van der Waals surface area contributed by atoms with Crippen LogP contribution >= 0.6 is 0 Å². The van der Waals surface area contributed by atoms with Gasteiger partial charge in [-0.1, -0.05) is 55.7 Å². The number of nitrogens with zero attached hydrogens (tertiary/aromatic N) is 5. The van der Waals surface area contributed by atoms with Crippen LogP contribution in [0.25, 0.3) is 10.4 Å². The topological polar surface area (TPSA) is 129 Å². The minimum Gasteiger partial charge on any atom is -0.459 e. The zero-order chi connectivity index (χ0) is 25.6. The molecule has 1 aromatic carbocycles. The van der Waals surface area contributed by atoms with Crippen molar-refractivity contribution in [3.63, 3.8) is 0 Å². The second-order valence-electron chi connectivity index (χ2n) is 9.65. The molecule has 0 aromatic heterocycles. The first kappa shape index (κ1) is 28.8. The number of esters is 1. The maximum atomic E-state index is 12.0. The molecule has 1 fully saturated rings. The molecule has 1 saturated heterocycles. The number of carbonyl (C=O) groups is 2. The third kappa shape index (κ3) is 11.1. The van der Waals surface area contributed by atoms with Crippen molar-refractivity contribution >= 4 is 25.3 Å². The summed E-state index contributed by atoms with van der Waals surface area (Å²) in [4.78, 5) is 33.9. The fourth-order valence-corrected chi connectivity index (χ4v) is 3.53. The van der Waals surface area contributed by atoms with Gasteiger partial charge in [0.15, 0.2) is 0 Å². The van der Waals surface area contributed by atoms with Gasteiger partial charge < -0.3 is 10.1 Å². The first-order valence-corrected chi connectivity index (χ1v) is 11.5. The second kappa shape index (κ2) is 14.2. The third-order valence-electron chi connectivity index (χ3n) is 5.56. The fraction of sp³-hybridized carbons (Fsp3) is 0.600. The van der Waals surface area contributed by atoms with E-state index in [-0.39, 0.29) is 30.1 Å². The Labute approximate surface area is 202 Å². The van der Waals surface area contributed by atoms with Crippen LogP contribution < -0.4 is 5.32 Å². The average Bonchev–Trinajstić information content (AvgIpc) is 2.92. The summed E-state index contributed by atoms with van der Waals surface area (Å²) < 4.78 is 5.26. The molecule has 2 rings (SSSR count). The van der Waals surface area contributed by atoms with E-state index in [2.05, 4.69) is 38.8 Å². The fourth-order valence-electron chi connectivity index (χ4n) is 3.53. The summed E-state index contributed by atoms with van der Waals surface area (Å²) in [6.45, 7) is 14.9. The van der Waals surface area contributed by atoms with Crippen molar-refractivity contribution in [1.82, 2.24) is 5.32 Å². The maximum Gasteiger partial charge on any atom is 0.331 e. The van der Waals surface area contributed by atoms with E-state index in [1.54, 1.807) is 0 Å². The molecule has 0 spiro atoms. The van der Waals surface area contributed by atoms with Crippen molar-refractivity contribution in [2.75, 3.05) is 0 Å². The van der Waals surface area contributed by atoms with Gasteiger partial charge in [-0.15, -0.1) is 0 Å². The molecule has 0 saturated carbocycles. The van der Waals surface area contributed by atoms with Crippen molar-refractivity contribution in [3.8, 4) is 0 Å². The van der Waals surface area contributed by atoms with Crippen LogP contribution in [0.1, 0.15) is 71.8 Å². The molecule has 1 aliphatic rings. The number of carbonyl (C=O) groups excluding carboxylic acids is 2. The Morgan fingerprint density at radius 3 is 2.59 bits per heavy atom. The number of aliphatic imine (C=N–C) groups is 2. The summed E-state index contributed by atoms with van der Waals surface area (Å²) in [5.74, 6) is -0.354. The molecule has 9 nitrogen and oxygen atoms in total. The van der Waals surface area contributed by atoms with Crippen molar-refractivity contribution in [2.24, 2.45) is 15.1 Å². The molecule has 1 N–H and O–H groups in total. The highest BCUT2D eigenvalue weighted by molar-refractivity contribution is 5.83. The van der Waals surface area contributed by atoms with E-state index < -0.39 is 11.6 Å². The Morgan fingerprint density at radius 2 is 2.00 bits per heavy atom. The predicted molar refractivity (Wildman–Crippen MR) is 136 cm³/mol. The Kier molecular flexibility index (Phi) is 12.0. The summed E-state index contributed by atoms with van der Waals surface area (Å²) in [5.41, 5.74) is 8.88. The quantitative estimate of drug-likeness (QED) is 0.166. The number of benzene rings is 1. The molecule has 186 valence electrons. The summed E-state index contributed by atoms with van der Waals surface area (Å²) in [6.07, 6.45) is 4.80. The van der Waals surface area contributed by atoms with Crippen LogP contribution in [-0.4, -0.2) is 48.5 Å². The molecular weight excluding hydrogens is 432 g/mol. The molecule has 9 heteroatoms. The summed E-state index contributed by atoms with van der Waals surface area (Å²) in [5, 5.41) is 6.66. The zero-order valence-electron chi connectivity index (χ0n) is 20.9. The van der Waals surface area contributed by atoms with Gasteiger partial charge in [0.25, 0.3) is 0 Å². The molecule has 0 bridgehead atoms. The van der Waals surface area contributed by atoms with E-state index in [1.165, 1.54) is 0 Å². The van der Waals surface area contributed by atoms with Crippen molar-refractivity contribution in [1.29, 1.82) is 0 Å². The van der Waals surface area contributed by atoms with E-state index in [4.69, 9.17) is 10.3 Å². The number of rotatable bonds is 10. The minimum atomic E-state index is -0.578. The van der Waals surface area contributed by atoms with Crippen molar-refractivity contribution in [2.45, 2.75) is 96.0 Å². The molecule has 34 heavy (non-hydrogen) atoms. The van der Waals surface area contributed by atoms with Crippen molar-refractivity contribution in [3.05, 3.63) is 46.3 Å². The maximum absolute atomic E-state index is 12.0. The summed E-state index contributed by atoms with van der Waals surface area (Å²) in [7, 11) is 0. The first-order chi connectivity index (χ1) is 16.0. The van der Waals surface area contributed by atoms with E-state index >= 15 is 0 Å². The van der Waals surface area contributed by atoms with Gasteiger partial charge in [0.2, 0.25) is 5.91 Å². The van der Waals surface area contributed by atoms with Gasteiger partial charge in [-0.2, -0.15) is 0 Å². The lowest BCUT2D eigenvalue weighted by molar-refractivity contribution is -0.146. The van der Waals surface area contributed by atoms with Gasteiger partial charge in [0, 0.05) is 16.0 Å². The lowest BCUT2D eigenvalue weighted by atomic mass is 9.97. The molecule has 0 unspecified atom stereocenters. The van der Waals surface area contributed by atoms with Crippen LogP contribution in [0.15, 0.2) is 45.4 Å². The highest BCUT2D eigenvalue weighted by Gasteiger charge is 2.28.